The van der Waals surface area contributed by atoms with Gasteiger partial charge in [-0.1, -0.05) is 0 Å². The van der Waals surface area contributed by atoms with E-state index in [1.165, 1.54) is 0 Å². The summed E-state index contributed by atoms with van der Waals surface area (Å²) in [5.41, 5.74) is 0. The van der Waals surface area contributed by atoms with E-state index in [1.54, 1.807) is 18.5 Å². The van der Waals surface area contributed by atoms with Crippen molar-refractivity contribution in [3.05, 3.63) is 18.5 Å². The summed E-state index contributed by atoms with van der Waals surface area (Å²) in [4.78, 5) is 21.0. The van der Waals surface area contributed by atoms with Crippen LogP contribution in [0.2, 0.25) is 0 Å². The molecule has 2 rings (SSSR count). The number of likely N-dealkylation sites (tertiary alicyclic amines) is 1. The molecular weight excluding hydrogens is 196 g/mol. The van der Waals surface area contributed by atoms with Gasteiger partial charge in [-0.25, -0.2) is 9.97 Å². The number of anilines is 1. The lowest BCUT2D eigenvalue weighted by molar-refractivity contribution is -0.120. The second-order valence-electron chi connectivity index (χ2n) is 3.47. The van der Waals surface area contributed by atoms with Crippen LogP contribution in [0.3, 0.4) is 0 Å². The molecule has 1 saturated heterocycles. The van der Waals surface area contributed by atoms with Crippen LogP contribution in [0, 0.1) is 0 Å². The van der Waals surface area contributed by atoms with Crippen LogP contribution in [0.25, 0.3) is 0 Å². The molecular formula is C9H12N4O2. The molecule has 0 saturated carbocycles. The van der Waals surface area contributed by atoms with Gasteiger partial charge in [0.05, 0.1) is 12.6 Å². The fourth-order valence-electron chi connectivity index (χ4n) is 1.40. The highest BCUT2D eigenvalue weighted by Gasteiger charge is 2.25. The zero-order valence-electron chi connectivity index (χ0n) is 8.13. The van der Waals surface area contributed by atoms with Gasteiger partial charge in [0.2, 0.25) is 11.9 Å². The average molecular weight is 208 g/mol. The molecule has 1 aliphatic rings. The second-order valence-corrected chi connectivity index (χ2v) is 3.47. The predicted molar refractivity (Wildman–Crippen MR) is 53.1 cm³/mol. The predicted octanol–water partition coefficient (Wildman–Crippen LogP) is -0.908. The van der Waals surface area contributed by atoms with Crippen molar-refractivity contribution in [3.8, 4) is 0 Å². The maximum atomic E-state index is 11.4. The van der Waals surface area contributed by atoms with Crippen molar-refractivity contribution >= 4 is 11.9 Å². The lowest BCUT2D eigenvalue weighted by Crippen LogP contribution is -2.53. The lowest BCUT2D eigenvalue weighted by Gasteiger charge is -2.34. The maximum absolute atomic E-state index is 11.4. The number of amides is 1. The summed E-state index contributed by atoms with van der Waals surface area (Å²) in [5.74, 6) is 0.150. The molecule has 1 aliphatic heterocycles. The van der Waals surface area contributed by atoms with Crippen LogP contribution in [0.4, 0.5) is 5.95 Å². The largest absolute Gasteiger partial charge is 0.390 e. The van der Waals surface area contributed by atoms with E-state index in [4.69, 9.17) is 5.11 Å². The third-order valence-corrected chi connectivity index (χ3v) is 2.12. The average Bonchev–Trinajstić information content (AvgIpc) is 2.17. The number of aromatic nitrogens is 2. The molecule has 1 aromatic rings. The third kappa shape index (κ3) is 2.71. The zero-order valence-corrected chi connectivity index (χ0v) is 8.13. The summed E-state index contributed by atoms with van der Waals surface area (Å²) in [6.07, 6.45) is 2.84. The molecule has 1 aromatic heterocycles. The topological polar surface area (TPSA) is 78.4 Å². The minimum atomic E-state index is -0.286. The second kappa shape index (κ2) is 4.33. The molecule has 1 amide bonds. The van der Waals surface area contributed by atoms with Gasteiger partial charge in [-0.2, -0.15) is 0 Å². The Morgan fingerprint density at radius 2 is 2.20 bits per heavy atom. The normalized spacial score (nSPS) is 17.1. The van der Waals surface area contributed by atoms with Crippen molar-refractivity contribution in [3.63, 3.8) is 0 Å². The van der Waals surface area contributed by atoms with E-state index in [1.807, 2.05) is 4.90 Å². The van der Waals surface area contributed by atoms with Crippen LogP contribution in [-0.2, 0) is 4.79 Å². The summed E-state index contributed by atoms with van der Waals surface area (Å²) < 4.78 is 0. The van der Waals surface area contributed by atoms with Gasteiger partial charge < -0.3 is 5.11 Å². The van der Waals surface area contributed by atoms with Gasteiger partial charge in [0.25, 0.3) is 0 Å². The SMILES string of the molecule is O=C(CN1CC(O)C1)Nc1ncccn1. The first-order chi connectivity index (χ1) is 7.24. The molecule has 0 aliphatic carbocycles. The maximum Gasteiger partial charge on any atom is 0.240 e. The fourth-order valence-corrected chi connectivity index (χ4v) is 1.40. The van der Waals surface area contributed by atoms with Gasteiger partial charge in [-0.15, -0.1) is 0 Å². The van der Waals surface area contributed by atoms with E-state index < -0.39 is 0 Å². The van der Waals surface area contributed by atoms with Crippen molar-refractivity contribution in [1.82, 2.24) is 14.9 Å². The number of aliphatic hydroxyl groups excluding tert-OH is 1. The monoisotopic (exact) mass is 208 g/mol. The zero-order chi connectivity index (χ0) is 10.7. The molecule has 80 valence electrons. The number of hydrogen-bond donors (Lipinski definition) is 2. The molecule has 0 aromatic carbocycles. The molecule has 0 atom stereocenters. The molecule has 0 bridgehead atoms. The summed E-state index contributed by atoms with van der Waals surface area (Å²) in [5, 5.41) is 11.6. The highest BCUT2D eigenvalue weighted by atomic mass is 16.3. The summed E-state index contributed by atoms with van der Waals surface area (Å²) in [6, 6.07) is 1.68. The molecule has 2 heterocycles. The lowest BCUT2D eigenvalue weighted by atomic mass is 10.2. The van der Waals surface area contributed by atoms with Gasteiger partial charge >= 0.3 is 0 Å². The minimum absolute atomic E-state index is 0.159. The Balaban J connectivity index is 1.78. The van der Waals surface area contributed by atoms with E-state index >= 15 is 0 Å². The number of aliphatic hydroxyl groups is 1. The van der Waals surface area contributed by atoms with Crippen LogP contribution >= 0.6 is 0 Å². The van der Waals surface area contributed by atoms with Gasteiger partial charge in [0.15, 0.2) is 0 Å². The summed E-state index contributed by atoms with van der Waals surface area (Å²) in [6.45, 7) is 1.39. The first-order valence-corrected chi connectivity index (χ1v) is 4.71. The summed E-state index contributed by atoms with van der Waals surface area (Å²) in [7, 11) is 0. The van der Waals surface area contributed by atoms with Gasteiger partial charge in [-0.05, 0) is 6.07 Å². The van der Waals surface area contributed by atoms with Crippen molar-refractivity contribution in [2.24, 2.45) is 0 Å². The first-order valence-electron chi connectivity index (χ1n) is 4.71. The molecule has 2 N–H and O–H groups in total. The van der Waals surface area contributed by atoms with Crippen LogP contribution < -0.4 is 5.32 Å². The van der Waals surface area contributed by atoms with Crippen molar-refractivity contribution in [1.29, 1.82) is 0 Å². The molecule has 15 heavy (non-hydrogen) atoms. The minimum Gasteiger partial charge on any atom is -0.390 e. The van der Waals surface area contributed by atoms with Gasteiger partial charge in [0, 0.05) is 25.5 Å². The molecule has 0 spiro atoms. The van der Waals surface area contributed by atoms with Crippen molar-refractivity contribution < 1.29 is 9.90 Å². The molecule has 1 fully saturated rings. The Bertz CT molecular complexity index is 337. The Kier molecular flexibility index (Phi) is 2.89. The number of β-amino-alcohol motifs (C(OH)–C–C–N with tert-alkyl or cyclic N) is 1. The number of carbonyl (C=O) groups is 1. The van der Waals surface area contributed by atoms with Crippen molar-refractivity contribution in [2.75, 3.05) is 25.0 Å². The number of nitrogens with zero attached hydrogens (tertiary/aromatic N) is 3. The Morgan fingerprint density at radius 1 is 1.53 bits per heavy atom. The Hall–Kier alpha value is -1.53. The highest BCUT2D eigenvalue weighted by Crippen LogP contribution is 2.06. The van der Waals surface area contributed by atoms with Crippen LogP contribution in [0.15, 0.2) is 18.5 Å². The first kappa shape index (κ1) is 10.0. The van der Waals surface area contributed by atoms with Crippen LogP contribution in [-0.4, -0.2) is 51.6 Å². The Labute approximate surface area is 87.0 Å². The molecule has 6 heteroatoms. The number of hydrogen-bond acceptors (Lipinski definition) is 5. The van der Waals surface area contributed by atoms with E-state index in [0.29, 0.717) is 19.0 Å². The van der Waals surface area contributed by atoms with E-state index in [-0.39, 0.29) is 18.6 Å². The Morgan fingerprint density at radius 3 is 2.80 bits per heavy atom. The van der Waals surface area contributed by atoms with Gasteiger partial charge in [0.1, 0.15) is 0 Å². The molecule has 0 unspecified atom stereocenters. The fraction of sp³-hybridized carbons (Fsp3) is 0.444. The molecule has 6 nitrogen and oxygen atoms in total. The van der Waals surface area contributed by atoms with E-state index in [0.717, 1.165) is 0 Å². The van der Waals surface area contributed by atoms with Gasteiger partial charge in [-0.3, -0.25) is 15.0 Å². The number of nitrogens with one attached hydrogen (secondary N) is 1. The van der Waals surface area contributed by atoms with E-state index in [9.17, 15) is 4.79 Å². The van der Waals surface area contributed by atoms with Crippen molar-refractivity contribution in [2.45, 2.75) is 6.10 Å². The smallest absolute Gasteiger partial charge is 0.240 e. The van der Waals surface area contributed by atoms with Crippen LogP contribution in [0.5, 0.6) is 0 Å². The highest BCUT2D eigenvalue weighted by molar-refractivity contribution is 5.90. The standard InChI is InChI=1S/C9H12N4O2/c14-7-4-13(5-7)6-8(15)12-9-10-2-1-3-11-9/h1-3,7,14H,4-6H2,(H,10,11,12,15). The number of rotatable bonds is 3. The number of carbonyl (C=O) groups excluding carboxylic acids is 1. The van der Waals surface area contributed by atoms with E-state index in [2.05, 4.69) is 15.3 Å². The van der Waals surface area contributed by atoms with Crippen LogP contribution in [0.1, 0.15) is 0 Å². The third-order valence-electron chi connectivity index (χ3n) is 2.12. The summed E-state index contributed by atoms with van der Waals surface area (Å²) >= 11 is 0. The molecule has 0 radical (unpaired) electrons. The quantitative estimate of drug-likeness (QED) is 0.672.